The number of halogens is 1. The largest absolute Gasteiger partial charge is 0.379 e. The Kier molecular flexibility index (Phi) is 4.77. The van der Waals surface area contributed by atoms with E-state index in [-0.39, 0.29) is 11.9 Å². The average Bonchev–Trinajstić information content (AvgIpc) is 2.91. The molecule has 4 heteroatoms. The van der Waals surface area contributed by atoms with E-state index in [1.165, 1.54) is 6.07 Å². The van der Waals surface area contributed by atoms with Gasteiger partial charge in [0.2, 0.25) is 0 Å². The molecular weight excluding hydrogens is 243 g/mol. The quantitative estimate of drug-likeness (QED) is 0.887. The number of anilines is 1. The van der Waals surface area contributed by atoms with Crippen LogP contribution in [0, 0.1) is 5.82 Å². The molecule has 0 aliphatic carbocycles. The van der Waals surface area contributed by atoms with Gasteiger partial charge in [-0.2, -0.15) is 0 Å². The van der Waals surface area contributed by atoms with Gasteiger partial charge in [0.05, 0.1) is 12.6 Å². The molecule has 0 spiro atoms. The van der Waals surface area contributed by atoms with Crippen LogP contribution in [0.25, 0.3) is 0 Å². The van der Waals surface area contributed by atoms with Crippen molar-refractivity contribution in [3.63, 3.8) is 0 Å². The molecule has 19 heavy (non-hydrogen) atoms. The minimum Gasteiger partial charge on any atom is -0.379 e. The van der Waals surface area contributed by atoms with Gasteiger partial charge in [-0.1, -0.05) is 13.0 Å². The molecule has 1 N–H and O–H groups in total. The molecular formula is C15H23FN2O. The summed E-state index contributed by atoms with van der Waals surface area (Å²) in [6.45, 7) is 6.38. The van der Waals surface area contributed by atoms with Crippen LogP contribution in [0.3, 0.4) is 0 Å². The standard InChI is InChI=1S/C15H23FN2O/c1-4-17-11(2)15-13(16)6-5-7-14(15)18(3)12-8-9-19-10-12/h5-7,11-12,17H,4,8-10H2,1-3H3. The Morgan fingerprint density at radius 2 is 2.32 bits per heavy atom. The second-order valence-electron chi connectivity index (χ2n) is 5.08. The lowest BCUT2D eigenvalue weighted by atomic mass is 10.0. The molecule has 2 rings (SSSR count). The average molecular weight is 266 g/mol. The maximum Gasteiger partial charge on any atom is 0.130 e. The molecule has 1 aliphatic rings. The van der Waals surface area contributed by atoms with Crippen LogP contribution in [0.4, 0.5) is 10.1 Å². The highest BCUT2D eigenvalue weighted by atomic mass is 19.1. The van der Waals surface area contributed by atoms with Crippen LogP contribution in [0.1, 0.15) is 31.9 Å². The molecule has 0 saturated carbocycles. The molecule has 1 aromatic carbocycles. The van der Waals surface area contributed by atoms with Gasteiger partial charge in [-0.25, -0.2) is 4.39 Å². The van der Waals surface area contributed by atoms with Crippen LogP contribution >= 0.6 is 0 Å². The van der Waals surface area contributed by atoms with E-state index < -0.39 is 0 Å². The van der Waals surface area contributed by atoms with Crippen molar-refractivity contribution >= 4 is 5.69 Å². The lowest BCUT2D eigenvalue weighted by Gasteiger charge is -2.30. The number of likely N-dealkylation sites (N-methyl/N-ethyl adjacent to an activating group) is 1. The Hall–Kier alpha value is -1.13. The number of hydrogen-bond acceptors (Lipinski definition) is 3. The molecule has 1 saturated heterocycles. The highest BCUT2D eigenvalue weighted by Crippen LogP contribution is 2.30. The van der Waals surface area contributed by atoms with Crippen molar-refractivity contribution in [2.45, 2.75) is 32.4 Å². The summed E-state index contributed by atoms with van der Waals surface area (Å²) in [4.78, 5) is 2.15. The highest BCUT2D eigenvalue weighted by Gasteiger charge is 2.24. The minimum atomic E-state index is -0.142. The van der Waals surface area contributed by atoms with E-state index in [0.29, 0.717) is 6.04 Å². The van der Waals surface area contributed by atoms with E-state index in [9.17, 15) is 4.39 Å². The lowest BCUT2D eigenvalue weighted by Crippen LogP contribution is -2.33. The fraction of sp³-hybridized carbons (Fsp3) is 0.600. The van der Waals surface area contributed by atoms with E-state index in [1.807, 2.05) is 27.0 Å². The van der Waals surface area contributed by atoms with Gasteiger partial charge in [0.15, 0.2) is 0 Å². The summed E-state index contributed by atoms with van der Waals surface area (Å²) >= 11 is 0. The summed E-state index contributed by atoms with van der Waals surface area (Å²) in [6.07, 6.45) is 1.00. The van der Waals surface area contributed by atoms with Crippen molar-refractivity contribution in [1.82, 2.24) is 5.32 Å². The second-order valence-corrected chi connectivity index (χ2v) is 5.08. The number of nitrogens with zero attached hydrogens (tertiary/aromatic N) is 1. The Labute approximate surface area is 114 Å². The summed E-state index contributed by atoms with van der Waals surface area (Å²) in [5.41, 5.74) is 1.71. The molecule has 3 nitrogen and oxygen atoms in total. The van der Waals surface area contributed by atoms with E-state index in [0.717, 1.165) is 37.4 Å². The topological polar surface area (TPSA) is 24.5 Å². The third-order valence-electron chi connectivity index (χ3n) is 3.81. The number of hydrogen-bond donors (Lipinski definition) is 1. The van der Waals surface area contributed by atoms with Crippen molar-refractivity contribution in [2.75, 3.05) is 31.7 Å². The fourth-order valence-electron chi connectivity index (χ4n) is 2.69. The van der Waals surface area contributed by atoms with E-state index >= 15 is 0 Å². The van der Waals surface area contributed by atoms with Gasteiger partial charge in [-0.15, -0.1) is 0 Å². The Morgan fingerprint density at radius 3 is 2.95 bits per heavy atom. The van der Waals surface area contributed by atoms with Crippen LogP contribution < -0.4 is 10.2 Å². The first kappa shape index (κ1) is 14.3. The van der Waals surface area contributed by atoms with Crippen LogP contribution in [-0.2, 0) is 4.74 Å². The summed E-state index contributed by atoms with van der Waals surface area (Å²) in [6, 6.07) is 5.65. The lowest BCUT2D eigenvalue weighted by molar-refractivity contribution is 0.193. The van der Waals surface area contributed by atoms with Gasteiger partial charge in [0.25, 0.3) is 0 Å². The maximum atomic E-state index is 14.2. The normalized spacial score (nSPS) is 20.5. The zero-order valence-electron chi connectivity index (χ0n) is 11.9. The second kappa shape index (κ2) is 6.35. The highest BCUT2D eigenvalue weighted by molar-refractivity contribution is 5.56. The Morgan fingerprint density at radius 1 is 1.53 bits per heavy atom. The first-order chi connectivity index (χ1) is 9.15. The van der Waals surface area contributed by atoms with Crippen LogP contribution in [-0.4, -0.2) is 32.8 Å². The summed E-state index contributed by atoms with van der Waals surface area (Å²) in [5, 5.41) is 3.29. The van der Waals surface area contributed by atoms with Crippen LogP contribution in [0.15, 0.2) is 18.2 Å². The van der Waals surface area contributed by atoms with Crippen molar-refractivity contribution < 1.29 is 9.13 Å². The monoisotopic (exact) mass is 266 g/mol. The summed E-state index contributed by atoms with van der Waals surface area (Å²) in [5.74, 6) is -0.142. The van der Waals surface area contributed by atoms with Crippen molar-refractivity contribution in [1.29, 1.82) is 0 Å². The molecule has 2 atom stereocenters. The van der Waals surface area contributed by atoms with Crippen LogP contribution in [0.2, 0.25) is 0 Å². The molecule has 0 radical (unpaired) electrons. The fourth-order valence-corrected chi connectivity index (χ4v) is 2.69. The van der Waals surface area contributed by atoms with Gasteiger partial charge >= 0.3 is 0 Å². The van der Waals surface area contributed by atoms with Crippen molar-refractivity contribution in [3.05, 3.63) is 29.6 Å². The van der Waals surface area contributed by atoms with E-state index in [4.69, 9.17) is 4.74 Å². The first-order valence-corrected chi connectivity index (χ1v) is 6.97. The first-order valence-electron chi connectivity index (χ1n) is 6.97. The van der Waals surface area contributed by atoms with Gasteiger partial charge in [-0.3, -0.25) is 0 Å². The van der Waals surface area contributed by atoms with Crippen molar-refractivity contribution in [3.8, 4) is 0 Å². The molecule has 1 heterocycles. The number of ether oxygens (including phenoxy) is 1. The molecule has 0 bridgehead atoms. The summed E-state index contributed by atoms with van der Waals surface area (Å²) in [7, 11) is 2.02. The molecule has 1 aliphatic heterocycles. The zero-order chi connectivity index (χ0) is 13.8. The molecule has 2 unspecified atom stereocenters. The van der Waals surface area contributed by atoms with Crippen molar-refractivity contribution in [2.24, 2.45) is 0 Å². The minimum absolute atomic E-state index is 0.00553. The van der Waals surface area contributed by atoms with Gasteiger partial charge in [0, 0.05) is 30.9 Å². The molecule has 0 aromatic heterocycles. The predicted octanol–water partition coefficient (Wildman–Crippen LogP) is 2.72. The Balaban J connectivity index is 2.30. The number of rotatable bonds is 5. The van der Waals surface area contributed by atoms with Gasteiger partial charge in [-0.05, 0) is 32.0 Å². The molecule has 1 aromatic rings. The van der Waals surface area contributed by atoms with Crippen LogP contribution in [0.5, 0.6) is 0 Å². The molecule has 106 valence electrons. The maximum absolute atomic E-state index is 14.2. The van der Waals surface area contributed by atoms with Gasteiger partial charge < -0.3 is 15.0 Å². The third-order valence-corrected chi connectivity index (χ3v) is 3.81. The molecule has 1 fully saturated rings. The third kappa shape index (κ3) is 3.07. The Bertz CT molecular complexity index is 419. The number of nitrogens with one attached hydrogen (secondary N) is 1. The zero-order valence-corrected chi connectivity index (χ0v) is 11.9. The van der Waals surface area contributed by atoms with E-state index in [2.05, 4.69) is 10.2 Å². The van der Waals surface area contributed by atoms with Gasteiger partial charge in [0.1, 0.15) is 5.82 Å². The predicted molar refractivity (Wildman–Crippen MR) is 76.1 cm³/mol. The van der Waals surface area contributed by atoms with E-state index in [1.54, 1.807) is 6.07 Å². The molecule has 0 amide bonds. The number of benzene rings is 1. The smallest absolute Gasteiger partial charge is 0.130 e. The summed E-state index contributed by atoms with van der Waals surface area (Å²) < 4.78 is 19.6. The SMILES string of the molecule is CCNC(C)c1c(F)cccc1N(C)C1CCOC1.